The van der Waals surface area contributed by atoms with E-state index in [4.69, 9.17) is 5.73 Å². The van der Waals surface area contributed by atoms with Crippen LogP contribution >= 0.6 is 11.7 Å². The van der Waals surface area contributed by atoms with Gasteiger partial charge in [-0.1, -0.05) is 6.07 Å². The summed E-state index contributed by atoms with van der Waals surface area (Å²) < 4.78 is 8.15. The Bertz CT molecular complexity index is 1190. The smallest absolute Gasteiger partial charge is 0.287 e. The molecule has 0 bridgehead atoms. The fourth-order valence-corrected chi connectivity index (χ4v) is 3.55. The SMILES string of the molecule is NC(=O)C(=O)C(Cc1c[nH]c2c[nH]cc12)NC(=O)c1nsnc1-c1ccccn1. The highest BCUT2D eigenvalue weighted by Gasteiger charge is 2.29. The van der Waals surface area contributed by atoms with Gasteiger partial charge in [0.05, 0.1) is 22.9 Å². The average molecular weight is 409 g/mol. The van der Waals surface area contributed by atoms with Crippen LogP contribution in [0.4, 0.5) is 0 Å². The highest BCUT2D eigenvalue weighted by Crippen LogP contribution is 2.21. The quantitative estimate of drug-likeness (QED) is 0.330. The van der Waals surface area contributed by atoms with Gasteiger partial charge in [-0.25, -0.2) is 0 Å². The number of H-pyrrole nitrogens is 2. The number of nitrogens with two attached hydrogens (primary N) is 1. The van der Waals surface area contributed by atoms with Crippen LogP contribution in [0.2, 0.25) is 0 Å². The number of aromatic nitrogens is 5. The molecule has 4 rings (SSSR count). The number of aromatic amines is 2. The van der Waals surface area contributed by atoms with Crippen molar-refractivity contribution < 1.29 is 14.4 Å². The molecule has 0 spiro atoms. The number of hydrogen-bond acceptors (Lipinski definition) is 7. The predicted octanol–water partition coefficient (Wildman–Crippen LogP) is 0.805. The lowest BCUT2D eigenvalue weighted by Gasteiger charge is -2.15. The van der Waals surface area contributed by atoms with Crippen LogP contribution < -0.4 is 11.1 Å². The van der Waals surface area contributed by atoms with Gasteiger partial charge in [-0.05, 0) is 17.7 Å². The molecule has 146 valence electrons. The summed E-state index contributed by atoms with van der Waals surface area (Å²) in [4.78, 5) is 46.9. The number of pyridine rings is 1. The molecule has 1 unspecified atom stereocenters. The largest absolute Gasteiger partial charge is 0.365 e. The third-order valence-electron chi connectivity index (χ3n) is 4.39. The van der Waals surface area contributed by atoms with Gasteiger partial charge >= 0.3 is 0 Å². The number of primary amides is 1. The van der Waals surface area contributed by atoms with E-state index in [1.807, 2.05) is 0 Å². The first-order valence-corrected chi connectivity index (χ1v) is 9.29. The molecule has 29 heavy (non-hydrogen) atoms. The summed E-state index contributed by atoms with van der Waals surface area (Å²) in [6.07, 6.45) is 6.90. The lowest BCUT2D eigenvalue weighted by atomic mass is 10.0. The van der Waals surface area contributed by atoms with Crippen molar-refractivity contribution >= 4 is 40.2 Å². The molecular weight excluding hydrogens is 394 g/mol. The van der Waals surface area contributed by atoms with Gasteiger partial charge in [0.25, 0.3) is 11.8 Å². The van der Waals surface area contributed by atoms with Gasteiger partial charge in [0.15, 0.2) is 5.69 Å². The number of carbonyl (C=O) groups is 3. The summed E-state index contributed by atoms with van der Waals surface area (Å²) in [6, 6.07) is 4.05. The van der Waals surface area contributed by atoms with Crippen LogP contribution in [0.1, 0.15) is 16.1 Å². The first-order chi connectivity index (χ1) is 14.0. The van der Waals surface area contributed by atoms with Crippen molar-refractivity contribution in [2.45, 2.75) is 12.5 Å². The third-order valence-corrected chi connectivity index (χ3v) is 4.92. The van der Waals surface area contributed by atoms with Crippen molar-refractivity contribution in [3.05, 3.63) is 54.2 Å². The van der Waals surface area contributed by atoms with E-state index < -0.39 is 23.6 Å². The zero-order valence-corrected chi connectivity index (χ0v) is 15.7. The molecule has 4 heterocycles. The van der Waals surface area contributed by atoms with E-state index in [1.54, 1.807) is 43.0 Å². The minimum Gasteiger partial charge on any atom is -0.365 e. The minimum atomic E-state index is -1.15. The molecule has 0 saturated carbocycles. The van der Waals surface area contributed by atoms with E-state index in [1.165, 1.54) is 0 Å². The fourth-order valence-electron chi connectivity index (χ4n) is 3.00. The molecule has 0 saturated heterocycles. The molecular formula is C18H15N7O3S. The number of amides is 2. The van der Waals surface area contributed by atoms with Gasteiger partial charge in [0.1, 0.15) is 11.7 Å². The Kier molecular flexibility index (Phi) is 4.87. The normalized spacial score (nSPS) is 12.0. The molecule has 5 N–H and O–H groups in total. The van der Waals surface area contributed by atoms with Crippen molar-refractivity contribution in [3.8, 4) is 11.4 Å². The Hall–Kier alpha value is -3.86. The molecule has 0 aliphatic carbocycles. The summed E-state index contributed by atoms with van der Waals surface area (Å²) >= 11 is 0.853. The van der Waals surface area contributed by atoms with Crippen molar-refractivity contribution in [1.82, 2.24) is 29.0 Å². The monoisotopic (exact) mass is 409 g/mol. The molecule has 4 aromatic heterocycles. The number of hydrogen-bond donors (Lipinski definition) is 4. The van der Waals surface area contributed by atoms with Crippen molar-refractivity contribution in [2.75, 3.05) is 0 Å². The van der Waals surface area contributed by atoms with E-state index >= 15 is 0 Å². The Labute approximate surface area is 167 Å². The Morgan fingerprint density at radius 1 is 1.17 bits per heavy atom. The molecule has 0 aliphatic heterocycles. The maximum Gasteiger partial charge on any atom is 0.287 e. The Morgan fingerprint density at radius 3 is 2.79 bits per heavy atom. The zero-order chi connectivity index (χ0) is 20.4. The lowest BCUT2D eigenvalue weighted by molar-refractivity contribution is -0.137. The zero-order valence-electron chi connectivity index (χ0n) is 14.9. The minimum absolute atomic E-state index is 0.0248. The van der Waals surface area contributed by atoms with Crippen molar-refractivity contribution in [3.63, 3.8) is 0 Å². The Balaban J connectivity index is 1.61. The number of ketones is 1. The first kappa shape index (κ1) is 18.5. The van der Waals surface area contributed by atoms with E-state index in [0.717, 1.165) is 28.2 Å². The highest BCUT2D eigenvalue weighted by atomic mass is 32.1. The number of nitrogens with one attached hydrogen (secondary N) is 3. The Morgan fingerprint density at radius 2 is 2.03 bits per heavy atom. The van der Waals surface area contributed by atoms with Crippen molar-refractivity contribution in [2.24, 2.45) is 5.73 Å². The third kappa shape index (κ3) is 3.62. The molecule has 4 aromatic rings. The maximum atomic E-state index is 12.8. The van der Waals surface area contributed by atoms with Crippen LogP contribution in [0.15, 0.2) is 43.0 Å². The van der Waals surface area contributed by atoms with Gasteiger partial charge in [0, 0.05) is 36.6 Å². The summed E-state index contributed by atoms with van der Waals surface area (Å²) in [5, 5.41) is 3.42. The highest BCUT2D eigenvalue weighted by molar-refractivity contribution is 6.99. The summed E-state index contributed by atoms with van der Waals surface area (Å²) in [7, 11) is 0. The number of carbonyl (C=O) groups excluding carboxylic acids is 3. The van der Waals surface area contributed by atoms with Crippen LogP contribution in [0.25, 0.3) is 22.3 Å². The van der Waals surface area contributed by atoms with Crippen LogP contribution in [-0.4, -0.2) is 47.3 Å². The van der Waals surface area contributed by atoms with Crippen LogP contribution in [0, 0.1) is 0 Å². The second-order valence-electron chi connectivity index (χ2n) is 6.23. The summed E-state index contributed by atoms with van der Waals surface area (Å²) in [5.41, 5.74) is 7.58. The van der Waals surface area contributed by atoms with E-state index in [0.29, 0.717) is 11.4 Å². The number of rotatable bonds is 7. The lowest BCUT2D eigenvalue weighted by Crippen LogP contribution is -2.47. The van der Waals surface area contributed by atoms with Gasteiger partial charge < -0.3 is 21.0 Å². The van der Waals surface area contributed by atoms with E-state index in [9.17, 15) is 14.4 Å². The van der Waals surface area contributed by atoms with Gasteiger partial charge in [-0.15, -0.1) is 0 Å². The van der Waals surface area contributed by atoms with Crippen LogP contribution in [0.5, 0.6) is 0 Å². The van der Waals surface area contributed by atoms with Crippen LogP contribution in [0.3, 0.4) is 0 Å². The fraction of sp³-hybridized carbons (Fsp3) is 0.111. The molecule has 10 nitrogen and oxygen atoms in total. The summed E-state index contributed by atoms with van der Waals surface area (Å²) in [6.45, 7) is 0. The number of nitrogens with zero attached hydrogens (tertiary/aromatic N) is 3. The van der Waals surface area contributed by atoms with E-state index in [-0.39, 0.29) is 12.1 Å². The van der Waals surface area contributed by atoms with Gasteiger partial charge in [-0.3, -0.25) is 19.4 Å². The topological polar surface area (TPSA) is 160 Å². The van der Waals surface area contributed by atoms with Gasteiger partial charge in [0.2, 0.25) is 5.78 Å². The standard InChI is InChI=1S/C18H15N7O3S/c19-17(27)16(26)12(5-9-6-22-13-8-20-7-10(9)13)23-18(28)15-14(24-29-25-15)11-3-1-2-4-21-11/h1-4,6-8,12,20,22H,5H2,(H2,19,27)(H,23,28). The molecule has 1 atom stereocenters. The molecule has 2 amide bonds. The average Bonchev–Trinajstić information content (AvgIpc) is 3.45. The first-order valence-electron chi connectivity index (χ1n) is 8.56. The van der Waals surface area contributed by atoms with Crippen LogP contribution in [-0.2, 0) is 16.0 Å². The number of fused-ring (bicyclic) bond motifs is 1. The maximum absolute atomic E-state index is 12.8. The molecule has 11 heteroatoms. The van der Waals surface area contributed by atoms with E-state index in [2.05, 4.69) is 29.0 Å². The van der Waals surface area contributed by atoms with Gasteiger partial charge in [-0.2, -0.15) is 8.75 Å². The van der Waals surface area contributed by atoms with Crippen molar-refractivity contribution in [1.29, 1.82) is 0 Å². The molecule has 0 radical (unpaired) electrons. The molecule has 0 aliphatic rings. The summed E-state index contributed by atoms with van der Waals surface area (Å²) in [5.74, 6) is -2.66. The molecule has 0 aromatic carbocycles. The second-order valence-corrected chi connectivity index (χ2v) is 6.76. The second kappa shape index (κ2) is 7.64. The molecule has 0 fully saturated rings. The predicted molar refractivity (Wildman–Crippen MR) is 105 cm³/mol. The number of Topliss-reactive ketones (excluding diaryl/α,β-unsaturated/α-hetero) is 1.